The number of nitrogens with zero attached hydrogens (tertiary/aromatic N) is 1. The zero-order valence-electron chi connectivity index (χ0n) is 11.5. The molecule has 8 heteroatoms. The van der Waals surface area contributed by atoms with Crippen LogP contribution in [0.2, 0.25) is 0 Å². The summed E-state index contributed by atoms with van der Waals surface area (Å²) >= 11 is 0. The maximum atomic E-state index is 12.2. The second kappa shape index (κ2) is 7.21. The molecule has 1 aliphatic rings. The van der Waals surface area contributed by atoms with Crippen molar-refractivity contribution in [3.63, 3.8) is 0 Å². The smallest absolute Gasteiger partial charge is 0.242 e. The van der Waals surface area contributed by atoms with Crippen LogP contribution in [0.5, 0.6) is 5.88 Å². The summed E-state index contributed by atoms with van der Waals surface area (Å²) in [5, 5.41) is 3.29. The summed E-state index contributed by atoms with van der Waals surface area (Å²) in [6.45, 7) is 2.88. The van der Waals surface area contributed by atoms with Crippen molar-refractivity contribution in [3.05, 3.63) is 18.3 Å². The second-order valence-corrected chi connectivity index (χ2v) is 6.45. The number of nitrogens with one attached hydrogen (secondary N) is 2. The van der Waals surface area contributed by atoms with Crippen LogP contribution in [0.4, 0.5) is 0 Å². The first kappa shape index (κ1) is 17.2. The Bertz CT molecular complexity index is 521. The van der Waals surface area contributed by atoms with Crippen LogP contribution < -0.4 is 14.8 Å². The molecule has 6 nitrogen and oxygen atoms in total. The van der Waals surface area contributed by atoms with Crippen molar-refractivity contribution in [3.8, 4) is 5.88 Å². The monoisotopic (exact) mass is 321 g/mol. The lowest BCUT2D eigenvalue weighted by Crippen LogP contribution is -2.46. The Labute approximate surface area is 125 Å². The highest BCUT2D eigenvalue weighted by atomic mass is 35.5. The fourth-order valence-corrected chi connectivity index (χ4v) is 3.40. The van der Waals surface area contributed by atoms with E-state index in [2.05, 4.69) is 21.9 Å². The van der Waals surface area contributed by atoms with Crippen LogP contribution in [-0.4, -0.2) is 39.1 Å². The average molecular weight is 322 g/mol. The lowest BCUT2D eigenvalue weighted by Gasteiger charge is -2.28. The molecule has 1 saturated heterocycles. The predicted molar refractivity (Wildman–Crippen MR) is 78.8 cm³/mol. The Kier molecular flexibility index (Phi) is 6.19. The third kappa shape index (κ3) is 4.31. The molecule has 1 aliphatic heterocycles. The number of sulfonamides is 1. The third-order valence-corrected chi connectivity index (χ3v) is 4.68. The maximum Gasteiger partial charge on any atom is 0.242 e. The van der Waals surface area contributed by atoms with E-state index < -0.39 is 10.0 Å². The molecule has 1 aromatic rings. The summed E-state index contributed by atoms with van der Waals surface area (Å²) in [7, 11) is -2.01. The van der Waals surface area contributed by atoms with E-state index in [0.717, 1.165) is 19.4 Å². The molecule has 114 valence electrons. The molecule has 2 rings (SSSR count). The molecule has 0 aliphatic carbocycles. The van der Waals surface area contributed by atoms with Crippen LogP contribution in [0.3, 0.4) is 0 Å². The summed E-state index contributed by atoms with van der Waals surface area (Å²) in [6, 6.07) is 3.34. The van der Waals surface area contributed by atoms with E-state index in [9.17, 15) is 8.42 Å². The highest BCUT2D eigenvalue weighted by molar-refractivity contribution is 7.89. The molecule has 0 amide bonds. The van der Waals surface area contributed by atoms with Gasteiger partial charge in [0.2, 0.25) is 15.9 Å². The molecule has 0 radical (unpaired) electrons. The highest BCUT2D eigenvalue weighted by Gasteiger charge is 2.24. The van der Waals surface area contributed by atoms with Crippen LogP contribution in [-0.2, 0) is 10.0 Å². The number of ether oxygens (including phenoxy) is 1. The van der Waals surface area contributed by atoms with E-state index in [1.807, 2.05) is 0 Å². The van der Waals surface area contributed by atoms with Crippen molar-refractivity contribution >= 4 is 22.4 Å². The molecule has 0 spiro atoms. The molecular weight excluding hydrogens is 302 g/mol. The van der Waals surface area contributed by atoms with E-state index in [1.165, 1.54) is 19.4 Å². The van der Waals surface area contributed by atoms with E-state index in [1.54, 1.807) is 6.07 Å². The van der Waals surface area contributed by atoms with Crippen LogP contribution in [0.1, 0.15) is 19.8 Å². The van der Waals surface area contributed by atoms with E-state index in [0.29, 0.717) is 11.9 Å². The second-order valence-electron chi connectivity index (χ2n) is 4.73. The fraction of sp³-hybridized carbons (Fsp3) is 0.583. The average Bonchev–Trinajstić information content (AvgIpc) is 2.38. The lowest BCUT2D eigenvalue weighted by atomic mass is 10.0. The lowest BCUT2D eigenvalue weighted by molar-refractivity contribution is 0.361. The molecule has 1 aromatic heterocycles. The minimum atomic E-state index is -3.50. The number of rotatable bonds is 4. The van der Waals surface area contributed by atoms with Crippen molar-refractivity contribution in [1.29, 1.82) is 0 Å². The van der Waals surface area contributed by atoms with E-state index >= 15 is 0 Å². The van der Waals surface area contributed by atoms with Gasteiger partial charge in [-0.1, -0.05) is 0 Å². The van der Waals surface area contributed by atoms with Gasteiger partial charge in [-0.2, -0.15) is 0 Å². The van der Waals surface area contributed by atoms with Crippen molar-refractivity contribution in [2.45, 2.75) is 36.7 Å². The van der Waals surface area contributed by atoms with Crippen LogP contribution in [0.15, 0.2) is 23.2 Å². The summed E-state index contributed by atoms with van der Waals surface area (Å²) in [6.07, 6.45) is 2.90. The molecule has 0 bridgehead atoms. The molecule has 2 N–H and O–H groups in total. The topological polar surface area (TPSA) is 80.3 Å². The van der Waals surface area contributed by atoms with Gasteiger partial charge in [-0.3, -0.25) is 0 Å². The number of pyridine rings is 1. The first-order valence-electron chi connectivity index (χ1n) is 6.27. The summed E-state index contributed by atoms with van der Waals surface area (Å²) in [5.41, 5.74) is 0. The van der Waals surface area contributed by atoms with E-state index in [-0.39, 0.29) is 23.3 Å². The Morgan fingerprint density at radius 1 is 1.45 bits per heavy atom. The zero-order valence-corrected chi connectivity index (χ0v) is 13.1. The van der Waals surface area contributed by atoms with Crippen molar-refractivity contribution in [2.75, 3.05) is 13.7 Å². The number of aromatic nitrogens is 1. The number of hydrogen-bond donors (Lipinski definition) is 2. The quantitative estimate of drug-likeness (QED) is 0.862. The summed E-state index contributed by atoms with van der Waals surface area (Å²) < 4.78 is 32.0. The van der Waals surface area contributed by atoms with Crippen LogP contribution >= 0.6 is 12.4 Å². The number of hydrogen-bond acceptors (Lipinski definition) is 5. The van der Waals surface area contributed by atoms with Gasteiger partial charge in [-0.15, -0.1) is 12.4 Å². The summed E-state index contributed by atoms with van der Waals surface area (Å²) in [4.78, 5) is 4.08. The first-order chi connectivity index (χ1) is 9.01. The fourth-order valence-electron chi connectivity index (χ4n) is 2.17. The molecule has 2 heterocycles. The minimum absolute atomic E-state index is 0. The molecule has 2 atom stereocenters. The van der Waals surface area contributed by atoms with Gasteiger partial charge in [-0.05, 0) is 32.4 Å². The molecule has 1 fully saturated rings. The molecule has 20 heavy (non-hydrogen) atoms. The van der Waals surface area contributed by atoms with Crippen molar-refractivity contribution < 1.29 is 13.2 Å². The molecule has 0 saturated carbocycles. The number of halogens is 1. The Morgan fingerprint density at radius 3 is 2.75 bits per heavy atom. The van der Waals surface area contributed by atoms with Crippen molar-refractivity contribution in [1.82, 2.24) is 15.0 Å². The number of piperidine rings is 1. The molecule has 0 aromatic carbocycles. The van der Waals surface area contributed by atoms with Crippen LogP contribution in [0.25, 0.3) is 0 Å². The van der Waals surface area contributed by atoms with Gasteiger partial charge in [0.1, 0.15) is 4.90 Å². The Morgan fingerprint density at radius 2 is 2.20 bits per heavy atom. The first-order valence-corrected chi connectivity index (χ1v) is 7.75. The van der Waals surface area contributed by atoms with E-state index in [4.69, 9.17) is 4.74 Å². The normalized spacial score (nSPS) is 22.9. The minimum Gasteiger partial charge on any atom is -0.481 e. The summed E-state index contributed by atoms with van der Waals surface area (Å²) in [5.74, 6) is 0.398. The van der Waals surface area contributed by atoms with Gasteiger partial charge in [0.25, 0.3) is 0 Å². The van der Waals surface area contributed by atoms with Gasteiger partial charge >= 0.3 is 0 Å². The Balaban J connectivity index is 0.00000200. The highest BCUT2D eigenvalue weighted by Crippen LogP contribution is 2.15. The maximum absolute atomic E-state index is 12.2. The molecular formula is C12H20ClN3O3S. The number of methoxy groups -OCH3 is 1. The zero-order chi connectivity index (χ0) is 13.9. The SMILES string of the molecule is COc1ccc(S(=O)(=O)NC2CCNC(C)C2)cn1.Cl. The van der Waals surface area contributed by atoms with Gasteiger partial charge in [0, 0.05) is 18.2 Å². The largest absolute Gasteiger partial charge is 0.481 e. The van der Waals surface area contributed by atoms with Gasteiger partial charge in [0.05, 0.1) is 13.3 Å². The molecule has 2 unspecified atom stereocenters. The van der Waals surface area contributed by atoms with Crippen molar-refractivity contribution in [2.24, 2.45) is 0 Å². The van der Waals surface area contributed by atoms with Gasteiger partial charge < -0.3 is 10.1 Å². The standard InChI is InChI=1S/C12H19N3O3S.ClH/c1-9-7-10(5-6-13-9)15-19(16,17)11-3-4-12(18-2)14-8-11;/h3-4,8-10,13,15H,5-7H2,1-2H3;1H. The third-order valence-electron chi connectivity index (χ3n) is 3.17. The Hall–Kier alpha value is -0.890. The van der Waals surface area contributed by atoms with Gasteiger partial charge in [-0.25, -0.2) is 18.1 Å². The predicted octanol–water partition coefficient (Wildman–Crippen LogP) is 0.931. The van der Waals surface area contributed by atoms with Crippen LogP contribution in [0, 0.1) is 0 Å². The van der Waals surface area contributed by atoms with Gasteiger partial charge in [0.15, 0.2) is 0 Å².